The zero-order valence-corrected chi connectivity index (χ0v) is 19.9. The van der Waals surface area contributed by atoms with Gasteiger partial charge in [0.2, 0.25) is 5.91 Å². The number of nitrogens with one attached hydrogen (secondary N) is 2. The molecule has 3 aromatic rings. The summed E-state index contributed by atoms with van der Waals surface area (Å²) in [4.78, 5) is 36.6. The van der Waals surface area contributed by atoms with Gasteiger partial charge in [-0.25, -0.2) is 4.98 Å². The highest BCUT2D eigenvalue weighted by molar-refractivity contribution is 7.98. The molecule has 0 bridgehead atoms. The van der Waals surface area contributed by atoms with Crippen molar-refractivity contribution in [3.8, 4) is 5.75 Å². The van der Waals surface area contributed by atoms with E-state index in [0.717, 1.165) is 35.5 Å². The highest BCUT2D eigenvalue weighted by atomic mass is 32.2. The normalized spacial score (nSPS) is 17.0. The Hall–Kier alpha value is -3.00. The number of ether oxygens (including phenoxy) is 1. The van der Waals surface area contributed by atoms with E-state index in [1.165, 1.54) is 7.11 Å². The number of hydrogen-bond donors (Lipinski definition) is 2. The summed E-state index contributed by atoms with van der Waals surface area (Å²) in [5, 5.41) is 2.97. The van der Waals surface area contributed by atoms with Crippen LogP contribution in [0.1, 0.15) is 41.4 Å². The molecular weight excluding hydrogens is 436 g/mol. The largest absolute Gasteiger partial charge is 0.496 e. The number of nitrogens with zero attached hydrogens (tertiary/aromatic N) is 2. The monoisotopic (exact) mass is 466 g/mol. The third kappa shape index (κ3) is 5.33. The van der Waals surface area contributed by atoms with Crippen molar-refractivity contribution in [2.75, 3.05) is 32.2 Å². The van der Waals surface area contributed by atoms with Crippen LogP contribution in [-0.2, 0) is 4.79 Å². The Kier molecular flexibility index (Phi) is 7.54. The summed E-state index contributed by atoms with van der Waals surface area (Å²) in [6, 6.07) is 14.5. The van der Waals surface area contributed by atoms with Gasteiger partial charge in [-0.15, -0.1) is 0 Å². The summed E-state index contributed by atoms with van der Waals surface area (Å²) in [6.07, 6.45) is 4.46. The number of H-pyrrole nitrogens is 1. The number of imidazole rings is 1. The molecule has 2 N–H and O–H groups in total. The lowest BCUT2D eigenvalue weighted by molar-refractivity contribution is -0.134. The minimum Gasteiger partial charge on any atom is -0.496 e. The number of para-hydroxylation sites is 3. The van der Waals surface area contributed by atoms with Gasteiger partial charge in [0.25, 0.3) is 5.91 Å². The molecule has 0 spiro atoms. The van der Waals surface area contributed by atoms with Crippen LogP contribution in [0.3, 0.4) is 0 Å². The second-order valence-electron chi connectivity index (χ2n) is 8.27. The topological polar surface area (TPSA) is 87.3 Å². The van der Waals surface area contributed by atoms with Gasteiger partial charge in [0.05, 0.1) is 23.7 Å². The van der Waals surface area contributed by atoms with E-state index in [1.54, 1.807) is 30.0 Å². The molecule has 33 heavy (non-hydrogen) atoms. The van der Waals surface area contributed by atoms with E-state index < -0.39 is 6.04 Å². The minimum absolute atomic E-state index is 0.0342. The number of amides is 2. The molecule has 4 rings (SSSR count). The van der Waals surface area contributed by atoms with Gasteiger partial charge >= 0.3 is 0 Å². The van der Waals surface area contributed by atoms with Crippen molar-refractivity contribution in [3.05, 3.63) is 59.9 Å². The third-order valence-corrected chi connectivity index (χ3v) is 6.74. The molecule has 1 aliphatic rings. The lowest BCUT2D eigenvalue weighted by Gasteiger charge is -2.34. The molecule has 0 aliphatic carbocycles. The molecular formula is C25H30N4O3S. The van der Waals surface area contributed by atoms with Crippen LogP contribution in [0.5, 0.6) is 5.75 Å². The minimum atomic E-state index is -0.579. The fourth-order valence-corrected chi connectivity index (χ4v) is 4.82. The molecule has 1 fully saturated rings. The van der Waals surface area contributed by atoms with Gasteiger partial charge in [-0.1, -0.05) is 24.3 Å². The van der Waals surface area contributed by atoms with Crippen LogP contribution in [0, 0.1) is 0 Å². The quantitative estimate of drug-likeness (QED) is 0.527. The van der Waals surface area contributed by atoms with Gasteiger partial charge < -0.3 is 19.9 Å². The van der Waals surface area contributed by atoms with Crippen molar-refractivity contribution in [1.29, 1.82) is 0 Å². The summed E-state index contributed by atoms with van der Waals surface area (Å²) in [5.41, 5.74) is 2.39. The first-order valence-corrected chi connectivity index (χ1v) is 12.7. The van der Waals surface area contributed by atoms with E-state index in [4.69, 9.17) is 9.72 Å². The van der Waals surface area contributed by atoms with Crippen molar-refractivity contribution >= 4 is 34.6 Å². The van der Waals surface area contributed by atoms with E-state index >= 15 is 0 Å². The number of carbonyl (C=O) groups is 2. The van der Waals surface area contributed by atoms with E-state index in [-0.39, 0.29) is 17.7 Å². The Morgan fingerprint density at radius 3 is 2.82 bits per heavy atom. The molecule has 0 saturated carbocycles. The predicted octanol–water partition coefficient (Wildman–Crippen LogP) is 3.83. The molecule has 2 amide bonds. The SMILES string of the molecule is COc1ccccc1C(=O)NC(CCSC)C(=O)N1CCCC(c2nc3ccccc3[nH]2)C1. The number of likely N-dealkylation sites (tertiary alicyclic amines) is 1. The molecule has 2 unspecified atom stereocenters. The van der Waals surface area contributed by atoms with E-state index in [2.05, 4.69) is 10.3 Å². The Morgan fingerprint density at radius 2 is 2.03 bits per heavy atom. The highest BCUT2D eigenvalue weighted by Crippen LogP contribution is 2.27. The first kappa shape index (κ1) is 23.2. The second-order valence-corrected chi connectivity index (χ2v) is 9.26. The van der Waals surface area contributed by atoms with Gasteiger partial charge in [-0.3, -0.25) is 9.59 Å². The first-order chi connectivity index (χ1) is 16.1. The van der Waals surface area contributed by atoms with Crippen LogP contribution in [0.25, 0.3) is 11.0 Å². The summed E-state index contributed by atoms with van der Waals surface area (Å²) < 4.78 is 5.32. The van der Waals surface area contributed by atoms with Gasteiger partial charge in [0.15, 0.2) is 0 Å². The number of thioether (sulfide) groups is 1. The summed E-state index contributed by atoms with van der Waals surface area (Å²) >= 11 is 1.66. The molecule has 8 heteroatoms. The number of benzene rings is 2. The summed E-state index contributed by atoms with van der Waals surface area (Å²) in [6.45, 7) is 1.29. The number of hydrogen-bond acceptors (Lipinski definition) is 5. The zero-order chi connectivity index (χ0) is 23.2. The molecule has 174 valence electrons. The molecule has 1 aliphatic heterocycles. The van der Waals surface area contributed by atoms with Gasteiger partial charge in [-0.2, -0.15) is 11.8 Å². The molecule has 2 heterocycles. The van der Waals surface area contributed by atoms with Crippen molar-refractivity contribution in [2.24, 2.45) is 0 Å². The first-order valence-electron chi connectivity index (χ1n) is 11.3. The molecule has 7 nitrogen and oxygen atoms in total. The van der Waals surface area contributed by atoms with Crippen LogP contribution < -0.4 is 10.1 Å². The fourth-order valence-electron chi connectivity index (χ4n) is 4.35. The van der Waals surface area contributed by atoms with Gasteiger partial charge in [0, 0.05) is 19.0 Å². The van der Waals surface area contributed by atoms with Crippen LogP contribution in [0.4, 0.5) is 0 Å². The number of methoxy groups -OCH3 is 1. The average Bonchev–Trinajstić information content (AvgIpc) is 3.30. The van der Waals surface area contributed by atoms with Crippen molar-refractivity contribution in [1.82, 2.24) is 20.2 Å². The van der Waals surface area contributed by atoms with E-state index in [9.17, 15) is 9.59 Å². The predicted molar refractivity (Wildman–Crippen MR) is 132 cm³/mol. The fraction of sp³-hybridized carbons (Fsp3) is 0.400. The third-order valence-electron chi connectivity index (χ3n) is 6.09. The van der Waals surface area contributed by atoms with Gasteiger partial charge in [-0.05, 0) is 55.5 Å². The summed E-state index contributed by atoms with van der Waals surface area (Å²) in [5.74, 6) is 2.03. The molecule has 2 atom stereocenters. The smallest absolute Gasteiger partial charge is 0.255 e. The van der Waals surface area contributed by atoms with Crippen molar-refractivity contribution < 1.29 is 14.3 Å². The van der Waals surface area contributed by atoms with E-state index in [1.807, 2.05) is 41.5 Å². The number of carbonyl (C=O) groups excluding carboxylic acids is 2. The Balaban J connectivity index is 1.48. The molecule has 0 radical (unpaired) electrons. The number of aromatic amines is 1. The average molecular weight is 467 g/mol. The number of piperidine rings is 1. The number of aromatic nitrogens is 2. The Bertz CT molecular complexity index is 1080. The van der Waals surface area contributed by atoms with Crippen LogP contribution in [-0.4, -0.2) is 64.9 Å². The highest BCUT2D eigenvalue weighted by Gasteiger charge is 2.32. The van der Waals surface area contributed by atoms with Crippen molar-refractivity contribution in [2.45, 2.75) is 31.2 Å². The summed E-state index contributed by atoms with van der Waals surface area (Å²) in [7, 11) is 1.54. The van der Waals surface area contributed by atoms with Crippen LogP contribution in [0.2, 0.25) is 0 Å². The second kappa shape index (κ2) is 10.7. The van der Waals surface area contributed by atoms with Crippen LogP contribution in [0.15, 0.2) is 48.5 Å². The van der Waals surface area contributed by atoms with E-state index in [0.29, 0.717) is 30.8 Å². The van der Waals surface area contributed by atoms with Crippen LogP contribution >= 0.6 is 11.8 Å². The molecule has 1 aromatic heterocycles. The Labute approximate surface area is 198 Å². The molecule has 2 aromatic carbocycles. The maximum absolute atomic E-state index is 13.5. The maximum Gasteiger partial charge on any atom is 0.255 e. The van der Waals surface area contributed by atoms with Gasteiger partial charge in [0.1, 0.15) is 17.6 Å². The number of fused-ring (bicyclic) bond motifs is 1. The zero-order valence-electron chi connectivity index (χ0n) is 19.0. The maximum atomic E-state index is 13.5. The lowest BCUT2D eigenvalue weighted by atomic mass is 9.96. The van der Waals surface area contributed by atoms with Crippen molar-refractivity contribution in [3.63, 3.8) is 0 Å². The Morgan fingerprint density at radius 1 is 1.24 bits per heavy atom. The standard InChI is InChI=1S/C25H30N4O3S/c1-32-22-12-6-3-9-18(22)24(30)28-21(13-15-33-2)25(31)29-14-7-8-17(16-29)23-26-19-10-4-5-11-20(19)27-23/h3-6,9-12,17,21H,7-8,13-16H2,1-2H3,(H,26,27)(H,28,30). The number of rotatable bonds is 8. The lowest BCUT2D eigenvalue weighted by Crippen LogP contribution is -2.51. The molecule has 1 saturated heterocycles.